The lowest BCUT2D eigenvalue weighted by molar-refractivity contribution is 0.525. The second-order valence-electron chi connectivity index (χ2n) is 7.73. The van der Waals surface area contributed by atoms with Crippen molar-refractivity contribution in [2.75, 3.05) is 11.5 Å². The minimum atomic E-state index is 1.12. The lowest BCUT2D eigenvalue weighted by Crippen LogP contribution is -1.85. The molecule has 0 aliphatic carbocycles. The highest BCUT2D eigenvalue weighted by Gasteiger charge is 1.95. The summed E-state index contributed by atoms with van der Waals surface area (Å²) >= 11 is 2.02. The lowest BCUT2D eigenvalue weighted by Gasteiger charge is -2.04. The molecule has 0 aromatic heterocycles. The molecule has 0 aliphatic heterocycles. The van der Waals surface area contributed by atoms with E-state index >= 15 is 0 Å². The molecule has 0 atom stereocenters. The third kappa shape index (κ3) is 24.1. The van der Waals surface area contributed by atoms with Crippen molar-refractivity contribution < 1.29 is 0 Å². The van der Waals surface area contributed by atoms with Crippen molar-refractivity contribution in [3.63, 3.8) is 0 Å². The zero-order valence-electron chi connectivity index (χ0n) is 17.5. The first kappa shape index (κ1) is 25.1. The number of hydrogen-bond acceptors (Lipinski definition) is 1. The Balaban J connectivity index is 2.95. The van der Waals surface area contributed by atoms with E-state index in [9.17, 15) is 0 Å². The smallest absolute Gasteiger partial charge is 0.0110 e. The largest absolute Gasteiger partial charge is 0.158 e. The van der Waals surface area contributed by atoms with E-state index in [1.54, 1.807) is 0 Å². The van der Waals surface area contributed by atoms with Gasteiger partial charge in [0.15, 0.2) is 0 Å². The monoisotopic (exact) mass is 368 g/mol. The Kier molecular flexibility index (Phi) is 24.2. The summed E-state index contributed by atoms with van der Waals surface area (Å²) in [5, 5.41) is 0. The quantitative estimate of drug-likeness (QED) is 0.135. The molecule has 0 saturated heterocycles. The number of unbranched alkanes of at least 4 members (excludes halogenated alkanes) is 18. The summed E-state index contributed by atoms with van der Waals surface area (Å²) in [4.78, 5) is 0. The van der Waals surface area contributed by atoms with E-state index in [0.717, 1.165) is 5.75 Å². The van der Waals surface area contributed by atoms with Crippen LogP contribution >= 0.6 is 11.8 Å². The molecule has 0 nitrogen and oxygen atoms in total. The van der Waals surface area contributed by atoms with Crippen LogP contribution < -0.4 is 0 Å². The Hall–Kier alpha value is 0.0900. The first-order valence-electron chi connectivity index (χ1n) is 11.6. The SMILES string of the molecule is C=CCSCCCCCCCCCCCCCCCCCCCCC. The van der Waals surface area contributed by atoms with E-state index in [-0.39, 0.29) is 0 Å². The molecular formula is C24H48S. The van der Waals surface area contributed by atoms with Gasteiger partial charge in [0.1, 0.15) is 0 Å². The van der Waals surface area contributed by atoms with Crippen LogP contribution in [0.2, 0.25) is 0 Å². The molecule has 0 bridgehead atoms. The fourth-order valence-corrected chi connectivity index (χ4v) is 4.19. The number of thioether (sulfide) groups is 1. The fourth-order valence-electron chi connectivity index (χ4n) is 3.45. The van der Waals surface area contributed by atoms with Crippen LogP contribution in [0.25, 0.3) is 0 Å². The molecule has 0 rings (SSSR count). The molecule has 0 aromatic rings. The molecule has 0 amide bonds. The Morgan fingerprint density at radius 1 is 0.520 bits per heavy atom. The molecule has 0 saturated carbocycles. The summed E-state index contributed by atoms with van der Waals surface area (Å²) in [5.74, 6) is 2.45. The molecule has 0 spiro atoms. The van der Waals surface area contributed by atoms with E-state index in [2.05, 4.69) is 13.5 Å². The van der Waals surface area contributed by atoms with E-state index < -0.39 is 0 Å². The summed E-state index contributed by atoms with van der Waals surface area (Å²) in [6.07, 6.45) is 29.8. The molecule has 0 heterocycles. The van der Waals surface area contributed by atoms with Gasteiger partial charge >= 0.3 is 0 Å². The predicted octanol–water partition coefficient (Wildman–Crippen LogP) is 9.34. The molecule has 0 fully saturated rings. The van der Waals surface area contributed by atoms with Gasteiger partial charge in [-0.2, -0.15) is 11.8 Å². The maximum atomic E-state index is 3.76. The average molecular weight is 369 g/mol. The number of hydrogen-bond donors (Lipinski definition) is 0. The average Bonchev–Trinajstić information content (AvgIpc) is 2.63. The van der Waals surface area contributed by atoms with Crippen molar-refractivity contribution in [2.24, 2.45) is 0 Å². The van der Waals surface area contributed by atoms with Gasteiger partial charge in [0.25, 0.3) is 0 Å². The summed E-state index contributed by atoms with van der Waals surface area (Å²) in [6, 6.07) is 0. The van der Waals surface area contributed by atoms with Crippen molar-refractivity contribution in [3.8, 4) is 0 Å². The van der Waals surface area contributed by atoms with Gasteiger partial charge in [0, 0.05) is 5.75 Å². The highest BCUT2D eigenvalue weighted by molar-refractivity contribution is 7.99. The summed E-state index contributed by atoms with van der Waals surface area (Å²) in [5.41, 5.74) is 0. The van der Waals surface area contributed by atoms with E-state index in [1.807, 2.05) is 17.8 Å². The minimum Gasteiger partial charge on any atom is -0.158 e. The second-order valence-corrected chi connectivity index (χ2v) is 8.88. The van der Waals surface area contributed by atoms with Crippen molar-refractivity contribution in [1.29, 1.82) is 0 Å². The van der Waals surface area contributed by atoms with Crippen molar-refractivity contribution >= 4 is 11.8 Å². The third-order valence-electron chi connectivity index (χ3n) is 5.13. The lowest BCUT2D eigenvalue weighted by atomic mass is 10.0. The molecule has 150 valence electrons. The standard InChI is InChI=1S/C24H48S/c1-3-5-6-7-8-9-10-11-12-13-14-15-16-17-18-19-20-21-22-24-25-23-4-2/h4H,2-3,5-24H2,1H3. The van der Waals surface area contributed by atoms with Gasteiger partial charge in [-0.1, -0.05) is 129 Å². The molecule has 0 radical (unpaired) electrons. The topological polar surface area (TPSA) is 0 Å². The van der Waals surface area contributed by atoms with Gasteiger partial charge in [-0.15, -0.1) is 6.58 Å². The van der Waals surface area contributed by atoms with Crippen molar-refractivity contribution in [2.45, 2.75) is 129 Å². The molecule has 0 aromatic carbocycles. The molecule has 25 heavy (non-hydrogen) atoms. The fraction of sp³-hybridized carbons (Fsp3) is 0.917. The van der Waals surface area contributed by atoms with Gasteiger partial charge < -0.3 is 0 Å². The van der Waals surface area contributed by atoms with Gasteiger partial charge in [-0.05, 0) is 12.2 Å². The van der Waals surface area contributed by atoms with Crippen LogP contribution in [-0.4, -0.2) is 11.5 Å². The van der Waals surface area contributed by atoms with Crippen molar-refractivity contribution in [3.05, 3.63) is 12.7 Å². The summed E-state index contributed by atoms with van der Waals surface area (Å²) < 4.78 is 0. The number of rotatable bonds is 22. The van der Waals surface area contributed by atoms with E-state index in [4.69, 9.17) is 0 Å². The van der Waals surface area contributed by atoms with Gasteiger partial charge in [0.2, 0.25) is 0 Å². The molecule has 0 unspecified atom stereocenters. The van der Waals surface area contributed by atoms with E-state index in [0.29, 0.717) is 0 Å². The Labute approximate surface area is 165 Å². The minimum absolute atomic E-state index is 1.12. The maximum Gasteiger partial charge on any atom is 0.0110 e. The van der Waals surface area contributed by atoms with E-state index in [1.165, 1.54) is 128 Å². The maximum absolute atomic E-state index is 3.76. The van der Waals surface area contributed by atoms with Crippen LogP contribution in [-0.2, 0) is 0 Å². The second kappa shape index (κ2) is 24.1. The first-order valence-corrected chi connectivity index (χ1v) is 12.8. The first-order chi connectivity index (χ1) is 12.4. The van der Waals surface area contributed by atoms with Crippen LogP contribution in [0.1, 0.15) is 129 Å². The van der Waals surface area contributed by atoms with Crippen LogP contribution in [0.3, 0.4) is 0 Å². The van der Waals surface area contributed by atoms with Crippen LogP contribution in [0.4, 0.5) is 0 Å². The van der Waals surface area contributed by atoms with Crippen LogP contribution in [0.15, 0.2) is 12.7 Å². The highest BCUT2D eigenvalue weighted by Crippen LogP contribution is 2.15. The molecule has 1 heteroatoms. The summed E-state index contributed by atoms with van der Waals surface area (Å²) in [7, 11) is 0. The normalized spacial score (nSPS) is 11.1. The molecule has 0 N–H and O–H groups in total. The zero-order valence-corrected chi connectivity index (χ0v) is 18.4. The van der Waals surface area contributed by atoms with Crippen LogP contribution in [0.5, 0.6) is 0 Å². The predicted molar refractivity (Wildman–Crippen MR) is 121 cm³/mol. The van der Waals surface area contributed by atoms with Crippen LogP contribution in [0, 0.1) is 0 Å². The van der Waals surface area contributed by atoms with Gasteiger partial charge in [0.05, 0.1) is 0 Å². The zero-order chi connectivity index (χ0) is 18.3. The van der Waals surface area contributed by atoms with Gasteiger partial charge in [-0.3, -0.25) is 0 Å². The Bertz CT molecular complexity index is 236. The molecular weight excluding hydrogens is 320 g/mol. The molecule has 0 aliphatic rings. The highest BCUT2D eigenvalue weighted by atomic mass is 32.2. The Morgan fingerprint density at radius 2 is 0.840 bits per heavy atom. The van der Waals surface area contributed by atoms with Crippen molar-refractivity contribution in [1.82, 2.24) is 0 Å². The summed E-state index contributed by atoms with van der Waals surface area (Å²) in [6.45, 7) is 6.06. The van der Waals surface area contributed by atoms with Gasteiger partial charge in [-0.25, -0.2) is 0 Å². The Morgan fingerprint density at radius 3 is 1.16 bits per heavy atom. The third-order valence-corrected chi connectivity index (χ3v) is 6.18.